The molecule has 2 aromatic heterocycles. The van der Waals surface area contributed by atoms with E-state index in [9.17, 15) is 4.79 Å². The summed E-state index contributed by atoms with van der Waals surface area (Å²) in [4.78, 5) is 14.8. The Morgan fingerprint density at radius 3 is 2.74 bits per heavy atom. The van der Waals surface area contributed by atoms with Crippen molar-refractivity contribution in [1.29, 1.82) is 0 Å². The Kier molecular flexibility index (Phi) is 6.41. The van der Waals surface area contributed by atoms with Crippen molar-refractivity contribution in [2.75, 3.05) is 24.5 Å². The Morgan fingerprint density at radius 2 is 2.00 bits per heavy atom. The molecule has 1 unspecified atom stereocenters. The number of fused-ring (bicyclic) bond motifs is 1. The lowest BCUT2D eigenvalue weighted by Crippen LogP contribution is -2.43. The topological polar surface area (TPSA) is 75.9 Å². The predicted octanol–water partition coefficient (Wildman–Crippen LogP) is 4.22. The van der Waals surface area contributed by atoms with E-state index < -0.39 is 0 Å². The molecule has 31 heavy (non-hydrogen) atoms. The first kappa shape index (κ1) is 21.6. The number of rotatable bonds is 6. The number of nitrogens with zero attached hydrogens (tertiary/aromatic N) is 5. The normalized spacial score (nSPS) is 16.6. The van der Waals surface area contributed by atoms with Crippen LogP contribution in [0.15, 0.2) is 24.3 Å². The third kappa shape index (κ3) is 4.37. The van der Waals surface area contributed by atoms with Crippen LogP contribution in [0.4, 0.5) is 5.82 Å². The summed E-state index contributed by atoms with van der Waals surface area (Å²) in [6.45, 7) is 8.35. The third-order valence-corrected chi connectivity index (χ3v) is 6.23. The molecule has 3 heterocycles. The number of carbonyl (C=O) groups is 1. The van der Waals surface area contributed by atoms with Crippen molar-refractivity contribution >= 4 is 34.2 Å². The first-order chi connectivity index (χ1) is 15.0. The first-order valence-corrected chi connectivity index (χ1v) is 11.4. The third-order valence-electron chi connectivity index (χ3n) is 5.98. The fourth-order valence-electron chi connectivity index (χ4n) is 4.27. The van der Waals surface area contributed by atoms with Gasteiger partial charge in [-0.05, 0) is 57.4 Å². The molecule has 1 amide bonds. The minimum Gasteiger partial charge on any atom is -0.356 e. The standard InChI is InChI=1S/C23H29ClN6O/c1-4-5-12-25-23(31)17-7-6-13-29(14-17)22-21-20(15(2)26-27-22)16(3)30(28-21)19-10-8-18(24)9-11-19/h8-11,17H,4-7,12-14H2,1-3H3,(H,25,31). The molecule has 0 saturated carbocycles. The summed E-state index contributed by atoms with van der Waals surface area (Å²) in [6, 6.07) is 7.63. The number of aromatic nitrogens is 4. The number of nitrogens with one attached hydrogen (secondary N) is 1. The zero-order valence-electron chi connectivity index (χ0n) is 18.4. The van der Waals surface area contributed by atoms with Crippen LogP contribution in [-0.4, -0.2) is 45.5 Å². The largest absolute Gasteiger partial charge is 0.356 e. The van der Waals surface area contributed by atoms with Gasteiger partial charge in [-0.3, -0.25) is 4.79 Å². The van der Waals surface area contributed by atoms with Gasteiger partial charge in [0.05, 0.1) is 28.4 Å². The first-order valence-electron chi connectivity index (χ1n) is 11.0. The van der Waals surface area contributed by atoms with E-state index in [1.807, 2.05) is 42.8 Å². The second kappa shape index (κ2) is 9.22. The molecular weight excluding hydrogens is 412 g/mol. The van der Waals surface area contributed by atoms with E-state index in [0.29, 0.717) is 11.6 Å². The van der Waals surface area contributed by atoms with Crippen LogP contribution in [0.5, 0.6) is 0 Å². The zero-order valence-corrected chi connectivity index (χ0v) is 19.1. The van der Waals surface area contributed by atoms with Gasteiger partial charge in [0.25, 0.3) is 0 Å². The van der Waals surface area contributed by atoms with Crippen LogP contribution >= 0.6 is 11.6 Å². The second-order valence-electron chi connectivity index (χ2n) is 8.24. The van der Waals surface area contributed by atoms with Gasteiger partial charge in [-0.2, -0.15) is 10.2 Å². The van der Waals surface area contributed by atoms with Gasteiger partial charge in [0.1, 0.15) is 5.52 Å². The number of unbranched alkanes of at least 4 members (excludes halogenated alkanes) is 1. The van der Waals surface area contributed by atoms with E-state index >= 15 is 0 Å². The van der Waals surface area contributed by atoms with Crippen LogP contribution in [0.1, 0.15) is 44.0 Å². The number of benzene rings is 1. The molecule has 3 aromatic rings. The van der Waals surface area contributed by atoms with Crippen molar-refractivity contribution in [2.24, 2.45) is 5.92 Å². The summed E-state index contributed by atoms with van der Waals surface area (Å²) in [7, 11) is 0. The van der Waals surface area contributed by atoms with Gasteiger partial charge in [-0.25, -0.2) is 4.68 Å². The highest BCUT2D eigenvalue weighted by Gasteiger charge is 2.29. The molecule has 8 heteroatoms. The van der Waals surface area contributed by atoms with Crippen molar-refractivity contribution in [3.05, 3.63) is 40.7 Å². The van der Waals surface area contributed by atoms with Gasteiger partial charge in [-0.1, -0.05) is 24.9 Å². The summed E-state index contributed by atoms with van der Waals surface area (Å²) >= 11 is 6.06. The fourth-order valence-corrected chi connectivity index (χ4v) is 4.40. The molecule has 1 aliphatic rings. The van der Waals surface area contributed by atoms with Gasteiger partial charge in [-0.15, -0.1) is 5.10 Å². The minimum atomic E-state index is -0.0387. The Balaban J connectivity index is 1.66. The molecule has 1 atom stereocenters. The van der Waals surface area contributed by atoms with Crippen LogP contribution in [-0.2, 0) is 4.79 Å². The van der Waals surface area contributed by atoms with Crippen LogP contribution in [0.3, 0.4) is 0 Å². The van der Waals surface area contributed by atoms with Crippen LogP contribution in [0.25, 0.3) is 16.6 Å². The molecule has 0 radical (unpaired) electrons. The maximum atomic E-state index is 12.6. The number of aryl methyl sites for hydroxylation is 2. The number of carbonyl (C=O) groups excluding carboxylic acids is 1. The Hall–Kier alpha value is -2.67. The lowest BCUT2D eigenvalue weighted by molar-refractivity contribution is -0.125. The maximum absolute atomic E-state index is 12.6. The monoisotopic (exact) mass is 440 g/mol. The highest BCUT2D eigenvalue weighted by molar-refractivity contribution is 6.30. The lowest BCUT2D eigenvalue weighted by Gasteiger charge is -2.32. The molecular formula is C23H29ClN6O. The highest BCUT2D eigenvalue weighted by Crippen LogP contribution is 2.31. The molecule has 1 aromatic carbocycles. The molecule has 1 aliphatic heterocycles. The van der Waals surface area contributed by atoms with E-state index in [1.54, 1.807) is 0 Å². The van der Waals surface area contributed by atoms with E-state index in [-0.39, 0.29) is 11.8 Å². The number of hydrogen-bond acceptors (Lipinski definition) is 5. The number of halogens is 1. The van der Waals surface area contributed by atoms with Crippen LogP contribution in [0.2, 0.25) is 5.02 Å². The SMILES string of the molecule is CCCCNC(=O)C1CCCN(c2nnc(C)c3c(C)n(-c4ccc(Cl)cc4)nc23)C1. The second-order valence-corrected chi connectivity index (χ2v) is 8.67. The van der Waals surface area contributed by atoms with Crippen molar-refractivity contribution < 1.29 is 4.79 Å². The summed E-state index contributed by atoms with van der Waals surface area (Å²) < 4.78 is 1.92. The minimum absolute atomic E-state index is 0.0387. The van der Waals surface area contributed by atoms with Crippen molar-refractivity contribution in [1.82, 2.24) is 25.3 Å². The molecule has 0 aliphatic carbocycles. The lowest BCUT2D eigenvalue weighted by atomic mass is 9.97. The predicted molar refractivity (Wildman–Crippen MR) is 124 cm³/mol. The van der Waals surface area contributed by atoms with Gasteiger partial charge in [0, 0.05) is 24.7 Å². The molecule has 7 nitrogen and oxygen atoms in total. The summed E-state index contributed by atoms with van der Waals surface area (Å²) in [6.07, 6.45) is 3.92. The average Bonchev–Trinajstić information content (AvgIpc) is 3.13. The summed E-state index contributed by atoms with van der Waals surface area (Å²) in [5.41, 5.74) is 3.63. The highest BCUT2D eigenvalue weighted by atomic mass is 35.5. The molecule has 4 rings (SSSR count). The Bertz CT molecular complexity index is 1080. The van der Waals surface area contributed by atoms with Gasteiger partial charge < -0.3 is 10.2 Å². The average molecular weight is 441 g/mol. The molecule has 1 fully saturated rings. The van der Waals surface area contributed by atoms with Gasteiger partial charge in [0.15, 0.2) is 5.82 Å². The number of hydrogen-bond donors (Lipinski definition) is 1. The van der Waals surface area contributed by atoms with E-state index in [1.165, 1.54) is 0 Å². The fraction of sp³-hybridized carbons (Fsp3) is 0.478. The van der Waals surface area contributed by atoms with E-state index in [2.05, 4.69) is 27.3 Å². The smallest absolute Gasteiger partial charge is 0.224 e. The molecule has 0 spiro atoms. The Labute approximate surface area is 187 Å². The van der Waals surface area contributed by atoms with Gasteiger partial charge >= 0.3 is 0 Å². The summed E-state index contributed by atoms with van der Waals surface area (Å²) in [5, 5.41) is 18.6. The molecule has 1 N–H and O–H groups in total. The van der Waals surface area contributed by atoms with Crippen LogP contribution < -0.4 is 10.2 Å². The number of amides is 1. The van der Waals surface area contributed by atoms with Gasteiger partial charge in [0.2, 0.25) is 5.91 Å². The maximum Gasteiger partial charge on any atom is 0.224 e. The number of anilines is 1. The molecule has 0 bridgehead atoms. The van der Waals surface area contributed by atoms with Crippen molar-refractivity contribution in [3.8, 4) is 5.69 Å². The molecule has 164 valence electrons. The summed E-state index contributed by atoms with van der Waals surface area (Å²) in [5.74, 6) is 0.850. The van der Waals surface area contributed by atoms with E-state index in [4.69, 9.17) is 16.7 Å². The molecule has 1 saturated heterocycles. The number of piperidine rings is 1. The Morgan fingerprint density at radius 1 is 1.23 bits per heavy atom. The quantitative estimate of drug-likeness (QED) is 0.581. The van der Waals surface area contributed by atoms with Crippen LogP contribution in [0, 0.1) is 19.8 Å². The zero-order chi connectivity index (χ0) is 22.0. The van der Waals surface area contributed by atoms with Crippen molar-refractivity contribution in [3.63, 3.8) is 0 Å². The van der Waals surface area contributed by atoms with Crippen molar-refractivity contribution in [2.45, 2.75) is 46.5 Å². The van der Waals surface area contributed by atoms with E-state index in [0.717, 1.165) is 72.6 Å².